The summed E-state index contributed by atoms with van der Waals surface area (Å²) >= 11 is 0. The van der Waals surface area contributed by atoms with Crippen LogP contribution in [0.1, 0.15) is 19.4 Å². The maximum atomic E-state index is 12.4. The maximum absolute atomic E-state index is 12.4. The number of benzene rings is 1. The molecule has 0 radical (unpaired) electrons. The van der Waals surface area contributed by atoms with E-state index in [0.29, 0.717) is 12.1 Å². The molecular formula is C14H18N2O3. The molecule has 0 fully saturated rings. The van der Waals surface area contributed by atoms with E-state index in [-0.39, 0.29) is 11.9 Å². The smallest absolute Gasteiger partial charge is 0.327 e. The fourth-order valence-electron chi connectivity index (χ4n) is 2.30. The molecule has 1 aliphatic rings. The zero-order chi connectivity index (χ0) is 14.2. The number of amides is 1. The second kappa shape index (κ2) is 5.01. The molecule has 102 valence electrons. The second-order valence-corrected chi connectivity index (χ2v) is 5.04. The molecule has 1 aromatic rings. The predicted octanol–water partition coefficient (Wildman–Crippen LogP) is 1.01. The Morgan fingerprint density at radius 3 is 2.58 bits per heavy atom. The van der Waals surface area contributed by atoms with E-state index in [0.717, 1.165) is 5.56 Å². The van der Waals surface area contributed by atoms with Gasteiger partial charge in [0.15, 0.2) is 0 Å². The molecule has 3 unspecified atom stereocenters. The van der Waals surface area contributed by atoms with Crippen LogP contribution in [-0.4, -0.2) is 29.1 Å². The van der Waals surface area contributed by atoms with Gasteiger partial charge in [0.1, 0.15) is 6.04 Å². The summed E-state index contributed by atoms with van der Waals surface area (Å²) in [4.78, 5) is 25.2. The lowest BCUT2D eigenvalue weighted by atomic mass is 10.0. The van der Waals surface area contributed by atoms with Crippen LogP contribution in [0, 0.1) is 5.92 Å². The van der Waals surface area contributed by atoms with Gasteiger partial charge in [0.2, 0.25) is 5.91 Å². The number of nitrogens with two attached hydrogens (primary N) is 1. The zero-order valence-electron chi connectivity index (χ0n) is 11.0. The van der Waals surface area contributed by atoms with Crippen LogP contribution in [0.5, 0.6) is 0 Å². The van der Waals surface area contributed by atoms with Crippen molar-refractivity contribution in [2.75, 3.05) is 4.90 Å². The number of fused-ring (bicyclic) bond motifs is 1. The highest BCUT2D eigenvalue weighted by Gasteiger charge is 2.40. The second-order valence-electron chi connectivity index (χ2n) is 5.04. The van der Waals surface area contributed by atoms with E-state index in [1.165, 1.54) is 4.90 Å². The minimum atomic E-state index is -0.985. The average Bonchev–Trinajstić information content (AvgIpc) is 2.76. The molecule has 19 heavy (non-hydrogen) atoms. The normalized spacial score (nSPS) is 20.8. The fraction of sp³-hybridized carbons (Fsp3) is 0.429. The van der Waals surface area contributed by atoms with Crippen LogP contribution in [0.25, 0.3) is 0 Å². The van der Waals surface area contributed by atoms with Crippen LogP contribution >= 0.6 is 0 Å². The summed E-state index contributed by atoms with van der Waals surface area (Å²) < 4.78 is 0. The molecule has 0 bridgehead atoms. The molecule has 1 heterocycles. The number of aliphatic carboxylic acids is 1. The van der Waals surface area contributed by atoms with Gasteiger partial charge in [0.25, 0.3) is 0 Å². The van der Waals surface area contributed by atoms with Crippen LogP contribution in [0.15, 0.2) is 24.3 Å². The lowest BCUT2D eigenvalue weighted by Crippen LogP contribution is -2.48. The largest absolute Gasteiger partial charge is 0.480 e. The standard InChI is InChI=1S/C14H18N2O3/c1-8(9(2)15)13(17)16-11-6-4-3-5-10(11)7-12(16)14(18)19/h3-6,8-9,12H,7,15H2,1-2H3,(H,18,19). The number of carboxylic acids is 1. The summed E-state index contributed by atoms with van der Waals surface area (Å²) in [6, 6.07) is 6.15. The first-order valence-corrected chi connectivity index (χ1v) is 6.33. The molecule has 1 amide bonds. The number of hydrogen-bond acceptors (Lipinski definition) is 3. The third-order valence-electron chi connectivity index (χ3n) is 3.68. The first kappa shape index (κ1) is 13.5. The minimum absolute atomic E-state index is 0.229. The monoisotopic (exact) mass is 262 g/mol. The number of carbonyl (C=O) groups excluding carboxylic acids is 1. The van der Waals surface area contributed by atoms with Gasteiger partial charge in [-0.15, -0.1) is 0 Å². The molecule has 0 saturated heterocycles. The summed E-state index contributed by atoms with van der Waals surface area (Å²) in [6.45, 7) is 3.48. The van der Waals surface area contributed by atoms with Crippen molar-refractivity contribution < 1.29 is 14.7 Å². The highest BCUT2D eigenvalue weighted by atomic mass is 16.4. The van der Waals surface area contributed by atoms with E-state index in [1.807, 2.05) is 12.1 Å². The number of carbonyl (C=O) groups is 2. The van der Waals surface area contributed by atoms with Crippen LogP contribution in [0.3, 0.4) is 0 Å². The van der Waals surface area contributed by atoms with Crippen molar-refractivity contribution in [2.24, 2.45) is 11.7 Å². The molecule has 5 heteroatoms. The molecule has 3 N–H and O–H groups in total. The van der Waals surface area contributed by atoms with Crippen LogP contribution in [0.2, 0.25) is 0 Å². The fourth-order valence-corrected chi connectivity index (χ4v) is 2.30. The van der Waals surface area contributed by atoms with E-state index in [9.17, 15) is 14.7 Å². The Morgan fingerprint density at radius 1 is 1.37 bits per heavy atom. The van der Waals surface area contributed by atoms with Crippen molar-refractivity contribution in [3.05, 3.63) is 29.8 Å². The summed E-state index contributed by atoms with van der Waals surface area (Å²) in [5.41, 5.74) is 7.33. The Bertz CT molecular complexity index is 513. The number of anilines is 1. The van der Waals surface area contributed by atoms with Crippen molar-refractivity contribution in [3.8, 4) is 0 Å². The van der Waals surface area contributed by atoms with Gasteiger partial charge in [-0.2, -0.15) is 0 Å². The van der Waals surface area contributed by atoms with Gasteiger partial charge in [0.05, 0.1) is 5.92 Å². The summed E-state index contributed by atoms with van der Waals surface area (Å²) in [5.74, 6) is -1.62. The summed E-state index contributed by atoms with van der Waals surface area (Å²) in [5, 5.41) is 9.30. The van der Waals surface area contributed by atoms with Gasteiger partial charge in [-0.1, -0.05) is 25.1 Å². The predicted molar refractivity (Wildman–Crippen MR) is 71.9 cm³/mol. The topological polar surface area (TPSA) is 83.6 Å². The van der Waals surface area contributed by atoms with Crippen molar-refractivity contribution >= 4 is 17.6 Å². The average molecular weight is 262 g/mol. The van der Waals surface area contributed by atoms with Gasteiger partial charge < -0.3 is 10.8 Å². The van der Waals surface area contributed by atoms with E-state index in [1.54, 1.807) is 26.0 Å². The van der Waals surface area contributed by atoms with Crippen molar-refractivity contribution in [1.29, 1.82) is 0 Å². The van der Waals surface area contributed by atoms with Gasteiger partial charge >= 0.3 is 5.97 Å². The van der Waals surface area contributed by atoms with Gasteiger partial charge in [-0.3, -0.25) is 9.69 Å². The molecule has 0 aliphatic carbocycles. The quantitative estimate of drug-likeness (QED) is 0.851. The third-order valence-corrected chi connectivity index (χ3v) is 3.68. The van der Waals surface area contributed by atoms with E-state index >= 15 is 0 Å². The van der Waals surface area contributed by atoms with E-state index in [2.05, 4.69) is 0 Å². The number of carboxylic acid groups (broad SMARTS) is 1. The van der Waals surface area contributed by atoms with Crippen molar-refractivity contribution in [1.82, 2.24) is 0 Å². The molecule has 0 saturated carbocycles. The highest BCUT2D eigenvalue weighted by molar-refractivity contribution is 6.03. The zero-order valence-corrected chi connectivity index (χ0v) is 11.0. The minimum Gasteiger partial charge on any atom is -0.480 e. The van der Waals surface area contributed by atoms with E-state index < -0.39 is 17.9 Å². The maximum Gasteiger partial charge on any atom is 0.327 e. The van der Waals surface area contributed by atoms with Crippen LogP contribution in [-0.2, 0) is 16.0 Å². The molecule has 2 rings (SSSR count). The Balaban J connectivity index is 2.39. The Kier molecular flexibility index (Phi) is 3.57. The first-order chi connectivity index (χ1) is 8.93. The van der Waals surface area contributed by atoms with Gasteiger partial charge in [-0.25, -0.2) is 4.79 Å². The molecule has 1 aromatic carbocycles. The molecule has 0 spiro atoms. The Labute approximate surface area is 112 Å². The number of rotatable bonds is 3. The molecule has 0 aromatic heterocycles. The Morgan fingerprint density at radius 2 is 2.00 bits per heavy atom. The van der Waals surface area contributed by atoms with Crippen LogP contribution < -0.4 is 10.6 Å². The third kappa shape index (κ3) is 2.33. The van der Waals surface area contributed by atoms with Crippen molar-refractivity contribution in [3.63, 3.8) is 0 Å². The highest BCUT2D eigenvalue weighted by Crippen LogP contribution is 2.33. The van der Waals surface area contributed by atoms with Crippen molar-refractivity contribution in [2.45, 2.75) is 32.4 Å². The number of nitrogens with zero attached hydrogens (tertiary/aromatic N) is 1. The van der Waals surface area contributed by atoms with Gasteiger partial charge in [0, 0.05) is 18.2 Å². The first-order valence-electron chi connectivity index (χ1n) is 6.33. The van der Waals surface area contributed by atoms with Gasteiger partial charge in [-0.05, 0) is 18.6 Å². The number of hydrogen-bond donors (Lipinski definition) is 2. The molecule has 1 aliphatic heterocycles. The number of para-hydroxylation sites is 1. The molecule has 5 nitrogen and oxygen atoms in total. The SMILES string of the molecule is CC(N)C(C)C(=O)N1c2ccccc2CC1C(=O)O. The summed E-state index contributed by atoms with van der Waals surface area (Å²) in [7, 11) is 0. The Hall–Kier alpha value is -1.88. The van der Waals surface area contributed by atoms with Crippen LogP contribution in [0.4, 0.5) is 5.69 Å². The molecule has 3 atom stereocenters. The molecular weight excluding hydrogens is 244 g/mol. The van der Waals surface area contributed by atoms with E-state index in [4.69, 9.17) is 5.73 Å². The lowest BCUT2D eigenvalue weighted by molar-refractivity contribution is -0.140. The lowest BCUT2D eigenvalue weighted by Gasteiger charge is -2.27. The summed E-state index contributed by atoms with van der Waals surface area (Å²) in [6.07, 6.45) is 0.350.